The number of rotatable bonds is 4. The molecule has 3 rings (SSSR count). The number of carbonyl (C=O) groups is 1. The largest absolute Gasteiger partial charge is 0.496 e. The second-order valence-corrected chi connectivity index (χ2v) is 8.26. The summed E-state index contributed by atoms with van der Waals surface area (Å²) in [5.74, 6) is 0.0629. The summed E-state index contributed by atoms with van der Waals surface area (Å²) in [4.78, 5) is 18.0. The average Bonchev–Trinajstić information content (AvgIpc) is 2.64. The van der Waals surface area contributed by atoms with Crippen molar-refractivity contribution in [3.8, 4) is 5.75 Å². The number of carboxylic acid groups (broad SMARTS) is 1. The van der Waals surface area contributed by atoms with Gasteiger partial charge < -0.3 is 14.7 Å². The Bertz CT molecular complexity index is 953. The van der Waals surface area contributed by atoms with E-state index in [1.54, 1.807) is 25.5 Å². The van der Waals surface area contributed by atoms with Crippen molar-refractivity contribution in [1.82, 2.24) is 0 Å². The van der Waals surface area contributed by atoms with E-state index in [0.717, 1.165) is 23.4 Å². The van der Waals surface area contributed by atoms with Crippen LogP contribution in [0.25, 0.3) is 0 Å². The molecule has 0 aliphatic carbocycles. The monoisotopic (exact) mass is 400 g/mol. The molecule has 1 aliphatic rings. The van der Waals surface area contributed by atoms with E-state index in [9.17, 15) is 9.90 Å². The Hall–Kier alpha value is -2.53. The highest BCUT2D eigenvalue weighted by molar-refractivity contribution is 6.33. The Balaban J connectivity index is 2.02. The van der Waals surface area contributed by atoms with Crippen LogP contribution >= 0.6 is 11.6 Å². The van der Waals surface area contributed by atoms with Crippen LogP contribution in [-0.4, -0.2) is 37.0 Å². The number of benzene rings is 2. The van der Waals surface area contributed by atoms with Crippen molar-refractivity contribution in [3.63, 3.8) is 0 Å². The second-order valence-electron chi connectivity index (χ2n) is 7.86. The molecule has 0 aromatic heterocycles. The van der Waals surface area contributed by atoms with Gasteiger partial charge >= 0.3 is 5.97 Å². The van der Waals surface area contributed by atoms with Crippen LogP contribution in [0, 0.1) is 0 Å². The molecular weight excluding hydrogens is 376 g/mol. The van der Waals surface area contributed by atoms with Gasteiger partial charge in [-0.1, -0.05) is 18.5 Å². The zero-order valence-electron chi connectivity index (χ0n) is 16.8. The van der Waals surface area contributed by atoms with Gasteiger partial charge in [0.2, 0.25) is 0 Å². The Morgan fingerprint density at radius 1 is 1.36 bits per heavy atom. The molecule has 0 saturated carbocycles. The zero-order chi connectivity index (χ0) is 20.6. The number of halogens is 1. The first-order chi connectivity index (χ1) is 13.1. The SMILES string of the molecule is COc1cc2c(cc1C=Nc1ccc(Cl)c(C(=O)O)c1)C(C)CC(C)(C)N2C. The van der Waals surface area contributed by atoms with Gasteiger partial charge in [-0.05, 0) is 56.0 Å². The van der Waals surface area contributed by atoms with Crippen molar-refractivity contribution in [2.75, 3.05) is 19.1 Å². The Kier molecular flexibility index (Phi) is 5.39. The highest BCUT2D eigenvalue weighted by Crippen LogP contribution is 2.44. The second kappa shape index (κ2) is 7.47. The van der Waals surface area contributed by atoms with Gasteiger partial charge in [-0.25, -0.2) is 4.79 Å². The third-order valence-electron chi connectivity index (χ3n) is 5.52. The predicted molar refractivity (Wildman–Crippen MR) is 114 cm³/mol. The minimum absolute atomic E-state index is 0.0335. The Morgan fingerprint density at radius 2 is 2.07 bits per heavy atom. The van der Waals surface area contributed by atoms with Crippen molar-refractivity contribution >= 4 is 35.2 Å². The molecule has 0 saturated heterocycles. The summed E-state index contributed by atoms with van der Waals surface area (Å²) in [5.41, 5.74) is 3.90. The minimum Gasteiger partial charge on any atom is -0.496 e. The number of aromatic carboxylic acids is 1. The van der Waals surface area contributed by atoms with Gasteiger partial charge in [0.05, 0.1) is 23.4 Å². The minimum atomic E-state index is -1.08. The van der Waals surface area contributed by atoms with Crippen LogP contribution in [0.2, 0.25) is 5.02 Å². The van der Waals surface area contributed by atoms with Crippen LogP contribution in [0.15, 0.2) is 35.3 Å². The first-order valence-electron chi connectivity index (χ1n) is 9.16. The standard InChI is InChI=1S/C22H25ClN2O3/c1-13-11-22(2,3)25(4)19-10-20(28-5)14(8-16(13)19)12-24-15-6-7-18(23)17(9-15)21(26)27/h6-10,12-13H,11H2,1-5H3,(H,26,27). The lowest BCUT2D eigenvalue weighted by atomic mass is 9.80. The summed E-state index contributed by atoms with van der Waals surface area (Å²) in [5, 5.41) is 9.42. The van der Waals surface area contributed by atoms with Gasteiger partial charge in [0.15, 0.2) is 0 Å². The molecule has 0 amide bonds. The number of methoxy groups -OCH3 is 1. The number of anilines is 1. The molecule has 5 nitrogen and oxygen atoms in total. The first-order valence-corrected chi connectivity index (χ1v) is 9.54. The fourth-order valence-corrected chi connectivity index (χ4v) is 3.99. The topological polar surface area (TPSA) is 62.1 Å². The summed E-state index contributed by atoms with van der Waals surface area (Å²) in [6.45, 7) is 6.73. The summed E-state index contributed by atoms with van der Waals surface area (Å²) in [6, 6.07) is 8.86. The predicted octanol–water partition coefficient (Wildman–Crippen LogP) is 5.52. The van der Waals surface area contributed by atoms with Crippen molar-refractivity contribution in [2.45, 2.75) is 38.6 Å². The maximum Gasteiger partial charge on any atom is 0.337 e. The van der Waals surface area contributed by atoms with E-state index >= 15 is 0 Å². The summed E-state index contributed by atoms with van der Waals surface area (Å²) < 4.78 is 5.60. The van der Waals surface area contributed by atoms with Gasteiger partial charge in [-0.2, -0.15) is 0 Å². The van der Waals surface area contributed by atoms with Crippen LogP contribution < -0.4 is 9.64 Å². The first kappa shape index (κ1) is 20.2. The van der Waals surface area contributed by atoms with Crippen LogP contribution in [-0.2, 0) is 0 Å². The molecule has 1 heterocycles. The number of aliphatic imine (C=N–C) groups is 1. The van der Waals surface area contributed by atoms with E-state index in [1.165, 1.54) is 11.6 Å². The molecule has 148 valence electrons. The van der Waals surface area contributed by atoms with E-state index in [2.05, 4.69) is 49.8 Å². The smallest absolute Gasteiger partial charge is 0.337 e. The van der Waals surface area contributed by atoms with Gasteiger partial charge in [-0.3, -0.25) is 4.99 Å². The van der Waals surface area contributed by atoms with Crippen molar-refractivity contribution in [3.05, 3.63) is 52.0 Å². The van der Waals surface area contributed by atoms with E-state index < -0.39 is 5.97 Å². The van der Waals surface area contributed by atoms with E-state index in [4.69, 9.17) is 16.3 Å². The normalized spacial score (nSPS) is 18.2. The number of hydrogen-bond acceptors (Lipinski definition) is 4. The number of carboxylic acids is 1. The molecule has 0 spiro atoms. The van der Waals surface area contributed by atoms with Crippen molar-refractivity contribution < 1.29 is 14.6 Å². The van der Waals surface area contributed by atoms with Crippen LogP contribution in [0.5, 0.6) is 5.75 Å². The number of fused-ring (bicyclic) bond motifs is 1. The molecule has 6 heteroatoms. The number of hydrogen-bond donors (Lipinski definition) is 1. The van der Waals surface area contributed by atoms with Crippen molar-refractivity contribution in [2.24, 2.45) is 4.99 Å². The van der Waals surface area contributed by atoms with Gasteiger partial charge in [0.1, 0.15) is 5.75 Å². The molecule has 1 aliphatic heterocycles. The lowest BCUT2D eigenvalue weighted by Crippen LogP contribution is -2.45. The highest BCUT2D eigenvalue weighted by atomic mass is 35.5. The molecule has 2 aromatic carbocycles. The molecule has 1 N–H and O–H groups in total. The van der Waals surface area contributed by atoms with Gasteiger partial charge in [0.25, 0.3) is 0 Å². The lowest BCUT2D eigenvalue weighted by molar-refractivity contribution is 0.0697. The molecule has 1 unspecified atom stereocenters. The quantitative estimate of drug-likeness (QED) is 0.686. The number of nitrogens with zero attached hydrogens (tertiary/aromatic N) is 2. The van der Waals surface area contributed by atoms with Crippen LogP contribution in [0.1, 0.15) is 54.6 Å². The van der Waals surface area contributed by atoms with Gasteiger partial charge in [0, 0.05) is 36.1 Å². The maximum atomic E-state index is 11.3. The molecule has 0 radical (unpaired) electrons. The van der Waals surface area contributed by atoms with E-state index in [1.807, 2.05) is 0 Å². The summed E-state index contributed by atoms with van der Waals surface area (Å²) in [6.07, 6.45) is 2.76. The fourth-order valence-electron chi connectivity index (χ4n) is 3.79. The maximum absolute atomic E-state index is 11.3. The third-order valence-corrected chi connectivity index (χ3v) is 5.85. The summed E-state index contributed by atoms with van der Waals surface area (Å²) in [7, 11) is 3.75. The van der Waals surface area contributed by atoms with Crippen LogP contribution in [0.4, 0.5) is 11.4 Å². The zero-order valence-corrected chi connectivity index (χ0v) is 17.5. The molecular formula is C22H25ClN2O3. The van der Waals surface area contributed by atoms with Gasteiger partial charge in [-0.15, -0.1) is 0 Å². The lowest BCUT2D eigenvalue weighted by Gasteiger charge is -2.45. The molecule has 28 heavy (non-hydrogen) atoms. The van der Waals surface area contributed by atoms with Crippen molar-refractivity contribution in [1.29, 1.82) is 0 Å². The van der Waals surface area contributed by atoms with E-state index in [-0.39, 0.29) is 16.1 Å². The molecule has 0 bridgehead atoms. The molecule has 1 atom stereocenters. The fraction of sp³-hybridized carbons (Fsp3) is 0.364. The molecule has 0 fully saturated rings. The number of ether oxygens (including phenoxy) is 1. The van der Waals surface area contributed by atoms with E-state index in [0.29, 0.717) is 11.6 Å². The van der Waals surface area contributed by atoms with Crippen LogP contribution in [0.3, 0.4) is 0 Å². The third kappa shape index (κ3) is 3.72. The Morgan fingerprint density at radius 3 is 2.71 bits per heavy atom. The molecule has 2 aromatic rings. The highest BCUT2D eigenvalue weighted by Gasteiger charge is 2.34. The summed E-state index contributed by atoms with van der Waals surface area (Å²) >= 11 is 5.93. The average molecular weight is 401 g/mol. The Labute approximate surface area is 170 Å².